The Kier molecular flexibility index (Phi) is 9.70. The van der Waals surface area contributed by atoms with E-state index in [1.165, 1.54) is 5.30 Å². The van der Waals surface area contributed by atoms with Crippen molar-refractivity contribution in [1.82, 2.24) is 0 Å². The van der Waals surface area contributed by atoms with Gasteiger partial charge in [-0.3, -0.25) is 0 Å². The van der Waals surface area contributed by atoms with Gasteiger partial charge >= 0.3 is 35.2 Å². The minimum atomic E-state index is -0.215. The second-order valence-corrected chi connectivity index (χ2v) is 12.0. The molecule has 0 saturated carbocycles. The van der Waals surface area contributed by atoms with E-state index in [0.717, 1.165) is 12.4 Å². The first-order valence-corrected chi connectivity index (χ1v) is 10.2. The van der Waals surface area contributed by atoms with Crippen molar-refractivity contribution in [3.8, 4) is 5.75 Å². The van der Waals surface area contributed by atoms with Crippen molar-refractivity contribution in [1.29, 1.82) is 0 Å². The summed E-state index contributed by atoms with van der Waals surface area (Å²) in [6.07, 6.45) is 0. The molecule has 0 spiro atoms. The topological polar surface area (TPSA) is 9.23 Å². The van der Waals surface area contributed by atoms with E-state index >= 15 is 0 Å². The number of ether oxygens (including phenoxy) is 1. The van der Waals surface area contributed by atoms with Crippen LogP contribution in [0.15, 0.2) is 24.3 Å². The summed E-state index contributed by atoms with van der Waals surface area (Å²) >= 11 is 7.64. The molecule has 1 nitrogen and oxygen atoms in total. The van der Waals surface area contributed by atoms with Gasteiger partial charge in [0.15, 0.2) is 0 Å². The SMILES string of the molecule is CCOc1ccc(P(C(C)(C)C)C(C)(C)C)cc1.Cl[CH2][Pd]. The first kappa shape index (κ1) is 21.4. The van der Waals surface area contributed by atoms with E-state index in [-0.39, 0.29) is 7.92 Å². The Morgan fingerprint density at radius 3 is 1.67 bits per heavy atom. The van der Waals surface area contributed by atoms with Crippen LogP contribution in [0.1, 0.15) is 48.5 Å². The fraction of sp³-hybridized carbons (Fsp3) is 0.647. The molecular formula is C17H29ClOPPd. The van der Waals surface area contributed by atoms with Gasteiger partial charge in [0.2, 0.25) is 0 Å². The maximum atomic E-state index is 5.52. The van der Waals surface area contributed by atoms with E-state index in [9.17, 15) is 0 Å². The van der Waals surface area contributed by atoms with Crippen LogP contribution in [-0.4, -0.2) is 21.3 Å². The molecule has 0 unspecified atom stereocenters. The fourth-order valence-corrected chi connectivity index (χ4v) is 6.65. The summed E-state index contributed by atoms with van der Waals surface area (Å²) in [4.78, 5) is 0. The number of rotatable bonds is 3. The summed E-state index contributed by atoms with van der Waals surface area (Å²) in [5.41, 5.74) is 0. The molecule has 4 heteroatoms. The quantitative estimate of drug-likeness (QED) is 0.354. The van der Waals surface area contributed by atoms with Crippen molar-refractivity contribution in [2.24, 2.45) is 0 Å². The molecule has 0 amide bonds. The Labute approximate surface area is 148 Å². The van der Waals surface area contributed by atoms with Crippen molar-refractivity contribution in [3.63, 3.8) is 0 Å². The predicted molar refractivity (Wildman–Crippen MR) is 94.4 cm³/mol. The average Bonchev–Trinajstić information content (AvgIpc) is 2.29. The number of halogens is 1. The van der Waals surface area contributed by atoms with Gasteiger partial charge in [-0.15, -0.1) is 0 Å². The molecule has 0 N–H and O–H groups in total. The third-order valence-corrected chi connectivity index (χ3v) is 6.25. The Balaban J connectivity index is 0.00000122. The molecular weight excluding hydrogens is 393 g/mol. The second kappa shape index (κ2) is 9.52. The molecule has 0 saturated heterocycles. The summed E-state index contributed by atoms with van der Waals surface area (Å²) in [7, 11) is -0.215. The zero-order valence-corrected chi connectivity index (χ0v) is 17.5. The van der Waals surface area contributed by atoms with Crippen molar-refractivity contribution in [2.75, 3.05) is 11.0 Å². The summed E-state index contributed by atoms with van der Waals surface area (Å²) in [6.45, 7) is 16.8. The van der Waals surface area contributed by atoms with E-state index in [2.05, 4.69) is 85.0 Å². The first-order valence-electron chi connectivity index (χ1n) is 7.18. The molecule has 21 heavy (non-hydrogen) atoms. The van der Waals surface area contributed by atoms with Crippen LogP contribution >= 0.6 is 19.5 Å². The number of hydrogen-bond donors (Lipinski definition) is 0. The van der Waals surface area contributed by atoms with Gasteiger partial charge in [-0.2, -0.15) is 0 Å². The molecule has 0 heterocycles. The van der Waals surface area contributed by atoms with Crippen molar-refractivity contribution >= 4 is 24.8 Å². The van der Waals surface area contributed by atoms with Gasteiger partial charge in [0.05, 0.1) is 6.61 Å². The number of alkyl halides is 1. The molecule has 0 fully saturated rings. The van der Waals surface area contributed by atoms with Crippen LogP contribution in [0.5, 0.6) is 5.75 Å². The molecule has 0 radical (unpaired) electrons. The summed E-state index contributed by atoms with van der Waals surface area (Å²) in [5, 5.41) is 2.11. The summed E-state index contributed by atoms with van der Waals surface area (Å²) in [6, 6.07) is 8.69. The number of benzene rings is 1. The van der Waals surface area contributed by atoms with Crippen LogP contribution in [-0.2, 0) is 19.2 Å². The maximum absolute atomic E-state index is 5.52. The van der Waals surface area contributed by atoms with Gasteiger partial charge in [0, 0.05) is 0 Å². The van der Waals surface area contributed by atoms with E-state index in [1.54, 1.807) is 0 Å². The minimum absolute atomic E-state index is 0.215. The number of hydrogen-bond acceptors (Lipinski definition) is 1. The standard InChI is InChI=1S/C16H27OP.CH2Cl.Pd/c1-8-17-13-9-11-14(12-10-13)18(15(2,3)4)16(5,6)7;1-2;/h9-12H,8H2,1-7H3;1H2;. The van der Waals surface area contributed by atoms with Crippen molar-refractivity contribution < 1.29 is 23.9 Å². The molecule has 0 bridgehead atoms. The normalized spacial score (nSPS) is 12.0. The van der Waals surface area contributed by atoms with Crippen LogP contribution in [0.25, 0.3) is 0 Å². The monoisotopic (exact) mass is 421 g/mol. The molecule has 0 atom stereocenters. The zero-order chi connectivity index (χ0) is 16.7. The van der Waals surface area contributed by atoms with Gasteiger partial charge in [0.25, 0.3) is 0 Å². The van der Waals surface area contributed by atoms with Crippen molar-refractivity contribution in [3.05, 3.63) is 24.3 Å². The van der Waals surface area contributed by atoms with Gasteiger partial charge in [0.1, 0.15) is 5.75 Å². The average molecular weight is 422 g/mol. The summed E-state index contributed by atoms with van der Waals surface area (Å²) < 4.78 is 6.09. The van der Waals surface area contributed by atoms with E-state index < -0.39 is 0 Å². The predicted octanol–water partition coefficient (Wildman–Crippen LogP) is 5.52. The van der Waals surface area contributed by atoms with E-state index in [4.69, 9.17) is 16.3 Å². The molecule has 125 valence electrons. The Morgan fingerprint density at radius 2 is 1.38 bits per heavy atom. The van der Waals surface area contributed by atoms with Gasteiger partial charge in [-0.25, -0.2) is 0 Å². The van der Waals surface area contributed by atoms with Crippen LogP contribution in [0.3, 0.4) is 0 Å². The molecule has 0 aliphatic carbocycles. The van der Waals surface area contributed by atoms with Crippen molar-refractivity contribution in [2.45, 2.75) is 58.8 Å². The first-order chi connectivity index (χ1) is 9.57. The summed E-state index contributed by atoms with van der Waals surface area (Å²) in [5.74, 6) is 0.971. The molecule has 1 aromatic carbocycles. The van der Waals surface area contributed by atoms with Crippen LogP contribution < -0.4 is 10.0 Å². The molecule has 1 rings (SSSR count). The zero-order valence-electron chi connectivity index (χ0n) is 14.3. The van der Waals surface area contributed by atoms with E-state index in [1.807, 2.05) is 6.92 Å². The fourth-order valence-electron chi connectivity index (χ4n) is 2.64. The molecule has 0 aliphatic heterocycles. The third-order valence-electron chi connectivity index (χ3n) is 2.75. The van der Waals surface area contributed by atoms with E-state index in [0.29, 0.717) is 14.7 Å². The van der Waals surface area contributed by atoms with Gasteiger partial charge in [-0.05, 0) is 34.7 Å². The second-order valence-electron chi connectivity index (χ2n) is 6.69. The van der Waals surface area contributed by atoms with Gasteiger partial charge in [-0.1, -0.05) is 61.6 Å². The molecule has 1 aromatic rings. The Bertz CT molecular complexity index is 379. The third kappa shape index (κ3) is 7.99. The van der Waals surface area contributed by atoms with Crippen LogP contribution in [0, 0.1) is 0 Å². The Morgan fingerprint density at radius 1 is 1.00 bits per heavy atom. The molecule has 0 aliphatic rings. The van der Waals surface area contributed by atoms with Crippen LogP contribution in [0.4, 0.5) is 0 Å². The van der Waals surface area contributed by atoms with Gasteiger partial charge < -0.3 is 4.74 Å². The Hall–Kier alpha value is 0.402. The van der Waals surface area contributed by atoms with Crippen LogP contribution in [0.2, 0.25) is 0 Å². The molecule has 0 aromatic heterocycles.